The lowest BCUT2D eigenvalue weighted by molar-refractivity contribution is 0.0919. The van der Waals surface area contributed by atoms with Gasteiger partial charge < -0.3 is 24.3 Å². The molecule has 0 spiro atoms. The highest BCUT2D eigenvalue weighted by Crippen LogP contribution is 2.26. The number of oxazole rings is 1. The maximum atomic E-state index is 12.1. The first-order valence-corrected chi connectivity index (χ1v) is 8.04. The topological polar surface area (TPSA) is 96.6 Å². The second-order valence-electron chi connectivity index (χ2n) is 6.10. The molecule has 3 heterocycles. The minimum atomic E-state index is -0.282. The standard InChI is InChI=1S/C16H22N6O3/c1-21(2)14-5-15(20-9-19-14)22-8-12(24-3)4-11(22)6-18-16(23)13-7-17-10-25-13/h5,7,9-12H,4,6,8H2,1-3H3,(H,18,23)/t11-,12-/m1/s1. The third-order valence-corrected chi connectivity index (χ3v) is 4.25. The minimum Gasteiger partial charge on any atom is -0.438 e. The van der Waals surface area contributed by atoms with Gasteiger partial charge in [0.05, 0.1) is 18.3 Å². The van der Waals surface area contributed by atoms with Crippen LogP contribution in [0.4, 0.5) is 11.6 Å². The average molecular weight is 346 g/mol. The highest BCUT2D eigenvalue weighted by molar-refractivity contribution is 5.91. The summed E-state index contributed by atoms with van der Waals surface area (Å²) in [4.78, 5) is 28.5. The van der Waals surface area contributed by atoms with Crippen LogP contribution in [0, 0.1) is 0 Å². The Bertz CT molecular complexity index is 706. The molecule has 0 unspecified atom stereocenters. The van der Waals surface area contributed by atoms with E-state index in [2.05, 4.69) is 25.2 Å². The van der Waals surface area contributed by atoms with Gasteiger partial charge in [-0.05, 0) is 6.42 Å². The molecule has 9 heteroatoms. The third kappa shape index (κ3) is 3.87. The second kappa shape index (κ2) is 7.47. The minimum absolute atomic E-state index is 0.0710. The van der Waals surface area contributed by atoms with Crippen molar-refractivity contribution in [2.75, 3.05) is 44.1 Å². The summed E-state index contributed by atoms with van der Waals surface area (Å²) >= 11 is 0. The molecule has 0 radical (unpaired) electrons. The Morgan fingerprint density at radius 2 is 2.32 bits per heavy atom. The van der Waals surface area contributed by atoms with E-state index >= 15 is 0 Å². The Balaban J connectivity index is 1.72. The van der Waals surface area contributed by atoms with Crippen LogP contribution in [0.5, 0.6) is 0 Å². The molecule has 1 amide bonds. The number of rotatable bonds is 6. The molecule has 1 N–H and O–H groups in total. The van der Waals surface area contributed by atoms with E-state index in [9.17, 15) is 4.79 Å². The lowest BCUT2D eigenvalue weighted by Gasteiger charge is -2.26. The molecule has 3 rings (SSSR count). The van der Waals surface area contributed by atoms with Gasteiger partial charge in [0.15, 0.2) is 6.39 Å². The molecule has 1 fully saturated rings. The number of ether oxygens (including phenoxy) is 1. The Hall–Kier alpha value is -2.68. The Labute approximate surface area is 146 Å². The smallest absolute Gasteiger partial charge is 0.288 e. The summed E-state index contributed by atoms with van der Waals surface area (Å²) in [5.74, 6) is 1.56. The van der Waals surface area contributed by atoms with Gasteiger partial charge in [0.25, 0.3) is 5.91 Å². The number of hydrogen-bond acceptors (Lipinski definition) is 8. The molecule has 0 saturated carbocycles. The van der Waals surface area contributed by atoms with Crippen LogP contribution in [0.3, 0.4) is 0 Å². The quantitative estimate of drug-likeness (QED) is 0.810. The number of nitrogens with one attached hydrogen (secondary N) is 1. The SMILES string of the molecule is CO[C@@H]1C[C@H](CNC(=O)c2cnco2)N(c2cc(N(C)C)ncn2)C1. The van der Waals surface area contributed by atoms with Crippen LogP contribution >= 0.6 is 0 Å². The molecule has 25 heavy (non-hydrogen) atoms. The zero-order valence-corrected chi connectivity index (χ0v) is 14.5. The molecule has 0 aliphatic carbocycles. The summed E-state index contributed by atoms with van der Waals surface area (Å²) in [7, 11) is 5.57. The van der Waals surface area contributed by atoms with E-state index in [4.69, 9.17) is 9.15 Å². The molecule has 1 aliphatic heterocycles. The first kappa shape index (κ1) is 17.2. The number of carbonyl (C=O) groups excluding carboxylic acids is 1. The molecule has 9 nitrogen and oxygen atoms in total. The summed E-state index contributed by atoms with van der Waals surface area (Å²) in [6.07, 6.45) is 5.07. The average Bonchev–Trinajstić information content (AvgIpc) is 3.29. The lowest BCUT2D eigenvalue weighted by Crippen LogP contribution is -2.40. The van der Waals surface area contributed by atoms with Gasteiger partial charge in [-0.25, -0.2) is 15.0 Å². The van der Waals surface area contributed by atoms with Gasteiger partial charge >= 0.3 is 0 Å². The van der Waals surface area contributed by atoms with E-state index in [1.807, 2.05) is 25.1 Å². The first-order chi connectivity index (χ1) is 12.1. The van der Waals surface area contributed by atoms with Crippen molar-refractivity contribution in [2.45, 2.75) is 18.6 Å². The number of amides is 1. The molecule has 134 valence electrons. The van der Waals surface area contributed by atoms with Crippen molar-refractivity contribution in [3.05, 3.63) is 30.7 Å². The maximum Gasteiger partial charge on any atom is 0.288 e. The van der Waals surface area contributed by atoms with E-state index < -0.39 is 0 Å². The third-order valence-electron chi connectivity index (χ3n) is 4.25. The molecule has 1 saturated heterocycles. The summed E-state index contributed by atoms with van der Waals surface area (Å²) in [6, 6.07) is 2.00. The van der Waals surface area contributed by atoms with Crippen LogP contribution in [-0.2, 0) is 4.74 Å². The monoisotopic (exact) mass is 346 g/mol. The van der Waals surface area contributed by atoms with Crippen LogP contribution in [-0.4, -0.2) is 67.3 Å². The fourth-order valence-electron chi connectivity index (χ4n) is 2.88. The summed E-state index contributed by atoms with van der Waals surface area (Å²) in [5.41, 5.74) is 0. The van der Waals surface area contributed by atoms with Gasteiger partial charge in [-0.1, -0.05) is 0 Å². The summed E-state index contributed by atoms with van der Waals surface area (Å²) in [6.45, 7) is 1.17. The van der Waals surface area contributed by atoms with Crippen molar-refractivity contribution < 1.29 is 13.9 Å². The normalized spacial score (nSPS) is 19.9. The van der Waals surface area contributed by atoms with Crippen molar-refractivity contribution in [1.82, 2.24) is 20.3 Å². The number of methoxy groups -OCH3 is 1. The lowest BCUT2D eigenvalue weighted by atomic mass is 10.2. The molecule has 2 aromatic heterocycles. The van der Waals surface area contributed by atoms with Crippen LogP contribution in [0.15, 0.2) is 29.4 Å². The van der Waals surface area contributed by atoms with Gasteiger partial charge in [-0.3, -0.25) is 4.79 Å². The first-order valence-electron chi connectivity index (χ1n) is 8.04. The van der Waals surface area contributed by atoms with Gasteiger partial charge in [0, 0.05) is 40.4 Å². The predicted octanol–water partition coefficient (Wildman–Crippen LogP) is 0.554. The molecule has 0 bridgehead atoms. The van der Waals surface area contributed by atoms with Crippen molar-refractivity contribution in [3.63, 3.8) is 0 Å². The van der Waals surface area contributed by atoms with Crippen LogP contribution in [0.2, 0.25) is 0 Å². The molecule has 0 aromatic carbocycles. The number of hydrogen-bond donors (Lipinski definition) is 1. The fraction of sp³-hybridized carbons (Fsp3) is 0.500. The van der Waals surface area contributed by atoms with Gasteiger partial charge in [0.2, 0.25) is 5.76 Å². The van der Waals surface area contributed by atoms with Gasteiger partial charge in [-0.2, -0.15) is 0 Å². The van der Waals surface area contributed by atoms with Crippen molar-refractivity contribution in [2.24, 2.45) is 0 Å². The van der Waals surface area contributed by atoms with Crippen LogP contribution in [0.1, 0.15) is 17.0 Å². The number of anilines is 2. The van der Waals surface area contributed by atoms with Crippen molar-refractivity contribution in [1.29, 1.82) is 0 Å². The Morgan fingerprint density at radius 3 is 3.00 bits per heavy atom. The zero-order chi connectivity index (χ0) is 17.8. The molecular weight excluding hydrogens is 324 g/mol. The molecule has 2 aromatic rings. The van der Waals surface area contributed by atoms with Gasteiger partial charge in [-0.15, -0.1) is 0 Å². The Morgan fingerprint density at radius 1 is 1.48 bits per heavy atom. The second-order valence-corrected chi connectivity index (χ2v) is 6.10. The van der Waals surface area contributed by atoms with Crippen molar-refractivity contribution >= 4 is 17.5 Å². The maximum absolute atomic E-state index is 12.1. The van der Waals surface area contributed by atoms with Crippen LogP contribution < -0.4 is 15.1 Å². The summed E-state index contributed by atoms with van der Waals surface area (Å²) in [5, 5.41) is 2.89. The van der Waals surface area contributed by atoms with Crippen LogP contribution in [0.25, 0.3) is 0 Å². The fourth-order valence-corrected chi connectivity index (χ4v) is 2.88. The number of aromatic nitrogens is 3. The predicted molar refractivity (Wildman–Crippen MR) is 91.7 cm³/mol. The highest BCUT2D eigenvalue weighted by Gasteiger charge is 2.33. The van der Waals surface area contributed by atoms with E-state index in [0.717, 1.165) is 18.1 Å². The molecule has 1 aliphatic rings. The number of carbonyl (C=O) groups is 1. The van der Waals surface area contributed by atoms with Gasteiger partial charge in [0.1, 0.15) is 18.0 Å². The van der Waals surface area contributed by atoms with Crippen molar-refractivity contribution in [3.8, 4) is 0 Å². The zero-order valence-electron chi connectivity index (χ0n) is 14.5. The van der Waals surface area contributed by atoms with E-state index in [0.29, 0.717) is 13.1 Å². The Kier molecular flexibility index (Phi) is 5.13. The molecular formula is C16H22N6O3. The van der Waals surface area contributed by atoms with E-state index in [-0.39, 0.29) is 23.8 Å². The van der Waals surface area contributed by atoms with E-state index in [1.165, 1.54) is 12.6 Å². The van der Waals surface area contributed by atoms with E-state index in [1.54, 1.807) is 13.4 Å². The molecule has 2 atom stereocenters. The largest absolute Gasteiger partial charge is 0.438 e. The number of nitrogens with zero attached hydrogens (tertiary/aromatic N) is 5. The highest BCUT2D eigenvalue weighted by atomic mass is 16.5. The summed E-state index contributed by atoms with van der Waals surface area (Å²) < 4.78 is 10.5.